The third-order valence-corrected chi connectivity index (χ3v) is 2.44. The van der Waals surface area contributed by atoms with Crippen LogP contribution in [0.15, 0.2) is 6.20 Å². The maximum Gasteiger partial charge on any atom is 0.0730 e. The molecular weight excluding hydrogens is 182 g/mol. The van der Waals surface area contributed by atoms with Gasteiger partial charge >= 0.3 is 0 Å². The van der Waals surface area contributed by atoms with Crippen molar-refractivity contribution in [1.82, 2.24) is 9.78 Å². The lowest BCUT2D eigenvalue weighted by molar-refractivity contribution is 0.0519. The third-order valence-electron chi connectivity index (χ3n) is 2.44. The Hall–Kier alpha value is -1.07. The Morgan fingerprint density at radius 2 is 2.07 bits per heavy atom. The van der Waals surface area contributed by atoms with Crippen LogP contribution in [0.2, 0.25) is 0 Å². The number of nitrogen functional groups attached to an aromatic ring is 1. The van der Waals surface area contributed by atoms with E-state index in [1.54, 1.807) is 17.8 Å². The Kier molecular flexibility index (Phi) is 3.13. The second kappa shape index (κ2) is 3.98. The van der Waals surface area contributed by atoms with Crippen molar-refractivity contribution in [3.8, 4) is 0 Å². The molecule has 0 spiro atoms. The Morgan fingerprint density at radius 1 is 1.50 bits per heavy atom. The van der Waals surface area contributed by atoms with Gasteiger partial charge in [-0.3, -0.25) is 4.68 Å². The lowest BCUT2D eigenvalue weighted by atomic mass is 9.93. The van der Waals surface area contributed by atoms with Crippen molar-refractivity contribution in [2.45, 2.75) is 20.4 Å². The van der Waals surface area contributed by atoms with E-state index < -0.39 is 5.41 Å². The van der Waals surface area contributed by atoms with E-state index in [1.165, 1.54) is 0 Å². The van der Waals surface area contributed by atoms with Crippen LogP contribution in [0, 0.1) is 12.3 Å². The Morgan fingerprint density at radius 3 is 2.43 bits per heavy atom. The van der Waals surface area contributed by atoms with Gasteiger partial charge in [-0.15, -0.1) is 0 Å². The standard InChI is InChI=1S/C9H17N3O2/c1-7-8(10)3-11-12(7)4-9(2,5-13)6-14/h3,13-14H,4-6,10H2,1-2H3. The number of hydrogen-bond donors (Lipinski definition) is 3. The summed E-state index contributed by atoms with van der Waals surface area (Å²) in [5.41, 5.74) is 6.57. The summed E-state index contributed by atoms with van der Waals surface area (Å²) in [7, 11) is 0. The Labute approximate surface area is 83.2 Å². The smallest absolute Gasteiger partial charge is 0.0730 e. The molecule has 0 atom stereocenters. The van der Waals surface area contributed by atoms with Gasteiger partial charge in [0.25, 0.3) is 0 Å². The van der Waals surface area contributed by atoms with Crippen molar-refractivity contribution in [1.29, 1.82) is 0 Å². The number of nitrogens with two attached hydrogens (primary N) is 1. The maximum absolute atomic E-state index is 9.11. The molecule has 1 aromatic heterocycles. The molecule has 1 aromatic rings. The summed E-state index contributed by atoms with van der Waals surface area (Å²) in [6.07, 6.45) is 1.57. The van der Waals surface area contributed by atoms with Gasteiger partial charge in [0.15, 0.2) is 0 Å². The topological polar surface area (TPSA) is 84.3 Å². The van der Waals surface area contributed by atoms with Crippen LogP contribution in [-0.2, 0) is 6.54 Å². The molecule has 0 bridgehead atoms. The molecule has 0 aromatic carbocycles. The van der Waals surface area contributed by atoms with Crippen LogP contribution >= 0.6 is 0 Å². The highest BCUT2D eigenvalue weighted by Crippen LogP contribution is 2.19. The van der Waals surface area contributed by atoms with E-state index in [-0.39, 0.29) is 13.2 Å². The number of aliphatic hydroxyl groups excluding tert-OH is 2. The first-order valence-corrected chi connectivity index (χ1v) is 4.52. The second-order valence-corrected chi connectivity index (χ2v) is 3.97. The molecule has 0 aliphatic rings. The van der Waals surface area contributed by atoms with Crippen LogP contribution in [0.5, 0.6) is 0 Å². The molecule has 1 heterocycles. The molecule has 80 valence electrons. The molecule has 0 amide bonds. The van der Waals surface area contributed by atoms with E-state index in [0.717, 1.165) is 5.69 Å². The summed E-state index contributed by atoms with van der Waals surface area (Å²) in [6.45, 7) is 3.95. The van der Waals surface area contributed by atoms with Gasteiger partial charge in [0.2, 0.25) is 0 Å². The van der Waals surface area contributed by atoms with E-state index in [2.05, 4.69) is 5.10 Å². The first-order chi connectivity index (χ1) is 6.52. The van der Waals surface area contributed by atoms with E-state index in [1.807, 2.05) is 6.92 Å². The average Bonchev–Trinajstić information content (AvgIpc) is 2.49. The quantitative estimate of drug-likeness (QED) is 0.625. The minimum absolute atomic E-state index is 0.0807. The first-order valence-electron chi connectivity index (χ1n) is 4.52. The average molecular weight is 199 g/mol. The summed E-state index contributed by atoms with van der Waals surface area (Å²) >= 11 is 0. The molecule has 0 radical (unpaired) electrons. The zero-order valence-corrected chi connectivity index (χ0v) is 8.56. The molecule has 0 fully saturated rings. The van der Waals surface area contributed by atoms with Gasteiger partial charge in [-0.2, -0.15) is 5.10 Å². The molecule has 5 heteroatoms. The van der Waals surface area contributed by atoms with Gasteiger partial charge in [0, 0.05) is 5.41 Å². The van der Waals surface area contributed by atoms with Crippen LogP contribution in [-0.4, -0.2) is 33.2 Å². The van der Waals surface area contributed by atoms with Crippen molar-refractivity contribution in [3.63, 3.8) is 0 Å². The summed E-state index contributed by atoms with van der Waals surface area (Å²) in [5.74, 6) is 0. The lowest BCUT2D eigenvalue weighted by Gasteiger charge is -2.24. The number of anilines is 1. The number of hydrogen-bond acceptors (Lipinski definition) is 4. The fourth-order valence-electron chi connectivity index (χ4n) is 1.13. The summed E-state index contributed by atoms with van der Waals surface area (Å²) in [4.78, 5) is 0. The highest BCUT2D eigenvalue weighted by atomic mass is 16.3. The number of aliphatic hydroxyl groups is 2. The van der Waals surface area contributed by atoms with Gasteiger partial charge in [-0.1, -0.05) is 6.92 Å². The second-order valence-electron chi connectivity index (χ2n) is 3.97. The Balaban J connectivity index is 2.82. The van der Waals surface area contributed by atoms with Crippen LogP contribution in [0.3, 0.4) is 0 Å². The first kappa shape index (κ1) is 11.0. The van der Waals surface area contributed by atoms with Gasteiger partial charge in [0.05, 0.1) is 37.3 Å². The van der Waals surface area contributed by atoms with Gasteiger partial charge in [0.1, 0.15) is 0 Å². The van der Waals surface area contributed by atoms with Crippen LogP contribution in [0.4, 0.5) is 5.69 Å². The van der Waals surface area contributed by atoms with Gasteiger partial charge in [-0.05, 0) is 6.92 Å². The number of aromatic nitrogens is 2. The fourth-order valence-corrected chi connectivity index (χ4v) is 1.13. The summed E-state index contributed by atoms with van der Waals surface area (Å²) in [5, 5.41) is 22.3. The normalized spacial score (nSPS) is 12.0. The SMILES string of the molecule is Cc1c(N)cnn1CC(C)(CO)CO. The largest absolute Gasteiger partial charge is 0.396 e. The summed E-state index contributed by atoms with van der Waals surface area (Å²) < 4.78 is 1.70. The maximum atomic E-state index is 9.11. The molecule has 0 unspecified atom stereocenters. The highest BCUT2D eigenvalue weighted by molar-refractivity contribution is 5.39. The minimum Gasteiger partial charge on any atom is -0.396 e. The van der Waals surface area contributed by atoms with Crippen molar-refractivity contribution in [2.24, 2.45) is 5.41 Å². The van der Waals surface area contributed by atoms with E-state index in [4.69, 9.17) is 15.9 Å². The monoisotopic (exact) mass is 199 g/mol. The van der Waals surface area contributed by atoms with Crippen LogP contribution < -0.4 is 5.73 Å². The van der Waals surface area contributed by atoms with E-state index in [9.17, 15) is 0 Å². The molecule has 0 saturated heterocycles. The number of rotatable bonds is 4. The molecule has 14 heavy (non-hydrogen) atoms. The van der Waals surface area contributed by atoms with Crippen molar-refractivity contribution >= 4 is 5.69 Å². The molecular formula is C9H17N3O2. The van der Waals surface area contributed by atoms with Crippen LogP contribution in [0.1, 0.15) is 12.6 Å². The molecule has 0 aliphatic heterocycles. The van der Waals surface area contributed by atoms with Gasteiger partial charge < -0.3 is 15.9 Å². The zero-order chi connectivity index (χ0) is 10.8. The molecule has 0 saturated carbocycles. The molecule has 1 rings (SSSR count). The van der Waals surface area contributed by atoms with Crippen molar-refractivity contribution < 1.29 is 10.2 Å². The lowest BCUT2D eigenvalue weighted by Crippen LogP contribution is -2.32. The molecule has 4 N–H and O–H groups in total. The van der Waals surface area contributed by atoms with Crippen molar-refractivity contribution in [2.75, 3.05) is 18.9 Å². The minimum atomic E-state index is -0.552. The van der Waals surface area contributed by atoms with Gasteiger partial charge in [-0.25, -0.2) is 0 Å². The molecule has 5 nitrogen and oxygen atoms in total. The zero-order valence-electron chi connectivity index (χ0n) is 8.56. The Bertz CT molecular complexity index is 305. The predicted molar refractivity (Wildman–Crippen MR) is 53.7 cm³/mol. The molecule has 0 aliphatic carbocycles. The fraction of sp³-hybridized carbons (Fsp3) is 0.667. The van der Waals surface area contributed by atoms with Crippen LogP contribution in [0.25, 0.3) is 0 Å². The highest BCUT2D eigenvalue weighted by Gasteiger charge is 2.24. The number of nitrogens with zero attached hydrogens (tertiary/aromatic N) is 2. The predicted octanol–water partition coefficient (Wildman–Crippen LogP) is -0.235. The third kappa shape index (κ3) is 2.05. The van der Waals surface area contributed by atoms with E-state index in [0.29, 0.717) is 12.2 Å². The summed E-state index contributed by atoms with van der Waals surface area (Å²) in [6, 6.07) is 0. The van der Waals surface area contributed by atoms with Crippen molar-refractivity contribution in [3.05, 3.63) is 11.9 Å². The van der Waals surface area contributed by atoms with E-state index >= 15 is 0 Å².